The number of rotatable bonds is 5. The number of nitrogens with zero attached hydrogens (tertiary/aromatic N) is 4. The predicted octanol–water partition coefficient (Wildman–Crippen LogP) is 4.53. The number of imide groups is 1. The third kappa shape index (κ3) is 3.75. The van der Waals surface area contributed by atoms with Crippen molar-refractivity contribution >= 4 is 51.6 Å². The van der Waals surface area contributed by atoms with Gasteiger partial charge in [0.2, 0.25) is 0 Å². The van der Waals surface area contributed by atoms with E-state index in [1.54, 1.807) is 67.6 Å². The molecule has 5 aromatic rings. The van der Waals surface area contributed by atoms with Crippen molar-refractivity contribution in [1.82, 2.24) is 19.5 Å². The van der Waals surface area contributed by atoms with Gasteiger partial charge in [0.05, 0.1) is 31.0 Å². The van der Waals surface area contributed by atoms with Gasteiger partial charge in [0.1, 0.15) is 22.6 Å². The van der Waals surface area contributed by atoms with E-state index in [1.165, 1.54) is 22.9 Å². The number of methoxy groups -OCH3 is 1. The zero-order valence-corrected chi connectivity index (χ0v) is 21.1. The maximum absolute atomic E-state index is 13.2. The molecule has 10 heteroatoms. The molecule has 0 radical (unpaired) electrons. The standard InChI is InChI=1S/C28H20ClN5O4/c1-15-31-24-21-12-18(29)8-9-22(21)32-25(24)28(37)34(15)30-13-16-7-10-23(38-2)17(11-16)14-33-26(35)19-5-3-4-6-20(19)27(33)36/h3-13,32H,14H2,1-2H3/b30-13-. The molecule has 2 amide bonds. The van der Waals surface area contributed by atoms with Crippen LogP contribution >= 0.6 is 11.6 Å². The largest absolute Gasteiger partial charge is 0.496 e. The second kappa shape index (κ2) is 8.97. The molecule has 0 aliphatic carbocycles. The number of H-pyrrole nitrogens is 1. The number of hydrogen-bond acceptors (Lipinski definition) is 6. The van der Waals surface area contributed by atoms with Gasteiger partial charge in [-0.2, -0.15) is 9.78 Å². The Balaban J connectivity index is 1.35. The summed E-state index contributed by atoms with van der Waals surface area (Å²) < 4.78 is 6.69. The molecular weight excluding hydrogens is 506 g/mol. The average Bonchev–Trinajstić information content (AvgIpc) is 3.39. The molecule has 6 rings (SSSR count). The topological polar surface area (TPSA) is 110 Å². The second-order valence-corrected chi connectivity index (χ2v) is 9.31. The summed E-state index contributed by atoms with van der Waals surface area (Å²) in [4.78, 5) is 47.8. The van der Waals surface area contributed by atoms with E-state index in [4.69, 9.17) is 16.3 Å². The molecule has 0 bridgehead atoms. The number of aryl methyl sites for hydroxylation is 1. The van der Waals surface area contributed by atoms with Crippen LogP contribution in [0, 0.1) is 6.92 Å². The lowest BCUT2D eigenvalue weighted by atomic mass is 10.1. The van der Waals surface area contributed by atoms with E-state index in [9.17, 15) is 14.4 Å². The number of halogens is 1. The first-order valence-electron chi connectivity index (χ1n) is 11.7. The number of ether oxygens (including phenoxy) is 1. The molecule has 0 saturated heterocycles. The molecule has 38 heavy (non-hydrogen) atoms. The van der Waals surface area contributed by atoms with E-state index < -0.39 is 0 Å². The molecule has 1 aliphatic rings. The molecule has 0 spiro atoms. The zero-order chi connectivity index (χ0) is 26.6. The van der Waals surface area contributed by atoms with Crippen LogP contribution in [0.25, 0.3) is 21.9 Å². The van der Waals surface area contributed by atoms with Gasteiger partial charge in [0.15, 0.2) is 0 Å². The number of amides is 2. The van der Waals surface area contributed by atoms with E-state index >= 15 is 0 Å². The highest BCUT2D eigenvalue weighted by Gasteiger charge is 2.35. The fraction of sp³-hybridized carbons (Fsp3) is 0.107. The van der Waals surface area contributed by atoms with Gasteiger partial charge in [-0.05, 0) is 61.0 Å². The normalized spacial score (nSPS) is 13.3. The maximum atomic E-state index is 13.2. The highest BCUT2D eigenvalue weighted by Crippen LogP contribution is 2.28. The Kier molecular flexibility index (Phi) is 5.57. The quantitative estimate of drug-likeness (QED) is 0.268. The zero-order valence-electron chi connectivity index (χ0n) is 20.4. The molecule has 9 nitrogen and oxygen atoms in total. The van der Waals surface area contributed by atoms with Crippen LogP contribution in [0.5, 0.6) is 5.75 Å². The molecule has 1 aliphatic heterocycles. The lowest BCUT2D eigenvalue weighted by Gasteiger charge is -2.16. The minimum Gasteiger partial charge on any atom is -0.496 e. The van der Waals surface area contributed by atoms with Crippen LogP contribution in [0.15, 0.2) is 70.6 Å². The average molecular weight is 526 g/mol. The molecule has 0 fully saturated rings. The van der Waals surface area contributed by atoms with Gasteiger partial charge in [0.25, 0.3) is 17.4 Å². The minimum atomic E-state index is -0.354. The Hall–Kier alpha value is -4.76. The summed E-state index contributed by atoms with van der Waals surface area (Å²) >= 11 is 6.13. The van der Waals surface area contributed by atoms with Gasteiger partial charge >= 0.3 is 0 Å². The van der Waals surface area contributed by atoms with E-state index in [1.807, 2.05) is 0 Å². The summed E-state index contributed by atoms with van der Waals surface area (Å²) in [5, 5.41) is 5.70. The lowest BCUT2D eigenvalue weighted by Crippen LogP contribution is -2.29. The van der Waals surface area contributed by atoms with E-state index in [2.05, 4.69) is 15.1 Å². The number of fused-ring (bicyclic) bond motifs is 4. The van der Waals surface area contributed by atoms with Gasteiger partial charge < -0.3 is 9.72 Å². The summed E-state index contributed by atoms with van der Waals surface area (Å²) in [6.07, 6.45) is 1.52. The van der Waals surface area contributed by atoms with Crippen molar-refractivity contribution in [3.63, 3.8) is 0 Å². The number of carbonyl (C=O) groups is 2. The molecule has 1 N–H and O–H groups in total. The fourth-order valence-corrected chi connectivity index (χ4v) is 4.87. The SMILES string of the molecule is COc1ccc(/C=N\n2c(C)nc3c([nH]c4ccc(Cl)cc43)c2=O)cc1CN1C(=O)c2ccccc2C1=O. The molecule has 0 atom stereocenters. The van der Waals surface area contributed by atoms with Gasteiger partial charge in [-0.3, -0.25) is 19.3 Å². The van der Waals surface area contributed by atoms with Crippen molar-refractivity contribution in [1.29, 1.82) is 0 Å². The summed E-state index contributed by atoms with van der Waals surface area (Å²) in [5.41, 5.74) is 3.29. The molecule has 2 aromatic heterocycles. The van der Waals surface area contributed by atoms with Crippen LogP contribution in [0.1, 0.15) is 37.7 Å². The van der Waals surface area contributed by atoms with Crippen molar-refractivity contribution in [3.8, 4) is 5.75 Å². The highest BCUT2D eigenvalue weighted by atomic mass is 35.5. The smallest absolute Gasteiger partial charge is 0.298 e. The van der Waals surface area contributed by atoms with Crippen LogP contribution < -0.4 is 10.3 Å². The van der Waals surface area contributed by atoms with Crippen LogP contribution in [0.2, 0.25) is 5.02 Å². The Morgan fingerprint density at radius 2 is 1.76 bits per heavy atom. The summed E-state index contributed by atoms with van der Waals surface area (Å²) in [5.74, 6) is 0.215. The van der Waals surface area contributed by atoms with Crippen molar-refractivity contribution in [2.45, 2.75) is 13.5 Å². The van der Waals surface area contributed by atoms with Gasteiger partial charge in [-0.1, -0.05) is 23.7 Å². The van der Waals surface area contributed by atoms with Gasteiger partial charge in [0, 0.05) is 21.5 Å². The van der Waals surface area contributed by atoms with Crippen LogP contribution in [0.4, 0.5) is 0 Å². The third-order valence-electron chi connectivity index (χ3n) is 6.55. The summed E-state index contributed by atoms with van der Waals surface area (Å²) in [7, 11) is 1.52. The fourth-order valence-electron chi connectivity index (χ4n) is 4.70. The Labute approximate surface area is 220 Å². The van der Waals surface area contributed by atoms with Gasteiger partial charge in [-0.15, -0.1) is 0 Å². The lowest BCUT2D eigenvalue weighted by molar-refractivity contribution is 0.0641. The maximum Gasteiger partial charge on any atom is 0.298 e. The van der Waals surface area contributed by atoms with Crippen molar-refractivity contribution in [2.24, 2.45) is 5.10 Å². The Morgan fingerprint density at radius 3 is 2.47 bits per heavy atom. The van der Waals surface area contributed by atoms with E-state index in [-0.39, 0.29) is 23.9 Å². The van der Waals surface area contributed by atoms with Gasteiger partial charge in [-0.25, -0.2) is 4.98 Å². The first-order chi connectivity index (χ1) is 18.4. The van der Waals surface area contributed by atoms with Crippen molar-refractivity contribution < 1.29 is 14.3 Å². The predicted molar refractivity (Wildman–Crippen MR) is 144 cm³/mol. The number of benzene rings is 3. The first-order valence-corrected chi connectivity index (χ1v) is 12.1. The number of nitrogens with one attached hydrogen (secondary N) is 1. The summed E-state index contributed by atoms with van der Waals surface area (Å²) in [6, 6.07) is 17.3. The first kappa shape index (κ1) is 23.6. The number of aromatic amines is 1. The number of hydrogen-bond donors (Lipinski definition) is 1. The van der Waals surface area contributed by atoms with Crippen molar-refractivity contribution in [3.05, 3.63) is 104 Å². The van der Waals surface area contributed by atoms with Crippen LogP contribution in [0.3, 0.4) is 0 Å². The molecule has 3 heterocycles. The second-order valence-electron chi connectivity index (χ2n) is 8.87. The van der Waals surface area contributed by atoms with Crippen LogP contribution in [-0.2, 0) is 6.54 Å². The van der Waals surface area contributed by atoms with Crippen LogP contribution in [-0.4, -0.2) is 44.7 Å². The third-order valence-corrected chi connectivity index (χ3v) is 6.79. The molecule has 3 aromatic carbocycles. The highest BCUT2D eigenvalue weighted by molar-refractivity contribution is 6.31. The minimum absolute atomic E-state index is 0.0291. The molecular formula is C28H20ClN5O4. The monoisotopic (exact) mass is 525 g/mol. The molecule has 0 unspecified atom stereocenters. The Bertz CT molecular complexity index is 1850. The van der Waals surface area contributed by atoms with E-state index in [0.717, 1.165) is 10.9 Å². The molecule has 0 saturated carbocycles. The number of aromatic nitrogens is 3. The Morgan fingerprint density at radius 1 is 1.03 bits per heavy atom. The number of carbonyl (C=O) groups excluding carboxylic acids is 2. The van der Waals surface area contributed by atoms with E-state index in [0.29, 0.717) is 49.9 Å². The van der Waals surface area contributed by atoms with Crippen molar-refractivity contribution in [2.75, 3.05) is 7.11 Å². The molecule has 188 valence electrons. The summed E-state index contributed by atoms with van der Waals surface area (Å²) in [6.45, 7) is 1.73.